The molecule has 0 aliphatic carbocycles. The highest BCUT2D eigenvalue weighted by atomic mass is 16.6. The lowest BCUT2D eigenvalue weighted by Gasteiger charge is -2.24. The van der Waals surface area contributed by atoms with Crippen molar-refractivity contribution in [1.29, 1.82) is 0 Å². The lowest BCUT2D eigenvalue weighted by molar-refractivity contribution is -0.384. The van der Waals surface area contributed by atoms with Crippen molar-refractivity contribution in [2.45, 2.75) is 32.7 Å². The summed E-state index contributed by atoms with van der Waals surface area (Å²) in [6, 6.07) is 5.53. The van der Waals surface area contributed by atoms with Crippen molar-refractivity contribution >= 4 is 17.1 Å². The number of hydrogen-bond donors (Lipinski definition) is 2. The molecule has 1 heterocycles. The van der Waals surface area contributed by atoms with E-state index in [9.17, 15) is 10.1 Å². The quantitative estimate of drug-likeness (QED) is 0.597. The highest BCUT2D eigenvalue weighted by Crippen LogP contribution is 2.24. The summed E-state index contributed by atoms with van der Waals surface area (Å²) in [5.74, 6) is 0. The van der Waals surface area contributed by atoms with E-state index in [1.807, 2.05) is 13.0 Å². The molecule has 6 nitrogen and oxygen atoms in total. The van der Waals surface area contributed by atoms with Crippen LogP contribution < -0.4 is 10.6 Å². The molecule has 1 aromatic carbocycles. The van der Waals surface area contributed by atoms with E-state index in [0.29, 0.717) is 6.04 Å². The molecule has 2 rings (SSSR count). The minimum Gasteiger partial charge on any atom is -0.385 e. The van der Waals surface area contributed by atoms with Crippen molar-refractivity contribution < 1.29 is 4.92 Å². The first-order valence-electron chi connectivity index (χ1n) is 7.61. The second kappa shape index (κ2) is 7.26. The first kappa shape index (κ1) is 15.6. The van der Waals surface area contributed by atoms with Crippen LogP contribution in [0.2, 0.25) is 0 Å². The number of nitro groups is 1. The van der Waals surface area contributed by atoms with Crippen LogP contribution in [0.5, 0.6) is 0 Å². The monoisotopic (exact) mass is 292 g/mol. The molecular formula is C15H24N4O2. The molecule has 0 aromatic heterocycles. The predicted molar refractivity (Wildman–Crippen MR) is 86.0 cm³/mol. The number of non-ortho nitro benzene ring substituents is 1. The van der Waals surface area contributed by atoms with Crippen LogP contribution >= 0.6 is 0 Å². The maximum absolute atomic E-state index is 11.0. The van der Waals surface area contributed by atoms with Gasteiger partial charge in [0.05, 0.1) is 4.92 Å². The molecular weight excluding hydrogens is 268 g/mol. The summed E-state index contributed by atoms with van der Waals surface area (Å²) in [6.45, 7) is 8.01. The fourth-order valence-corrected chi connectivity index (χ4v) is 2.70. The smallest absolute Gasteiger partial charge is 0.273 e. The van der Waals surface area contributed by atoms with E-state index in [4.69, 9.17) is 0 Å². The molecule has 1 atom stereocenters. The van der Waals surface area contributed by atoms with E-state index < -0.39 is 0 Å². The average Bonchev–Trinajstić information content (AvgIpc) is 2.99. The van der Waals surface area contributed by atoms with Crippen molar-refractivity contribution in [2.75, 3.05) is 36.8 Å². The molecule has 1 fully saturated rings. The van der Waals surface area contributed by atoms with E-state index in [-0.39, 0.29) is 10.6 Å². The number of likely N-dealkylation sites (tertiary alicyclic amines) is 1. The fourth-order valence-electron chi connectivity index (χ4n) is 2.70. The molecule has 21 heavy (non-hydrogen) atoms. The first-order valence-corrected chi connectivity index (χ1v) is 7.61. The third-order valence-electron chi connectivity index (χ3n) is 3.88. The summed E-state index contributed by atoms with van der Waals surface area (Å²) < 4.78 is 0. The number of hydrogen-bond acceptors (Lipinski definition) is 5. The Kier molecular flexibility index (Phi) is 5.38. The maximum Gasteiger partial charge on any atom is 0.273 e. The molecule has 1 unspecified atom stereocenters. The molecule has 0 saturated carbocycles. The molecule has 1 aromatic rings. The van der Waals surface area contributed by atoms with Gasteiger partial charge in [0.15, 0.2) is 0 Å². The van der Waals surface area contributed by atoms with Crippen LogP contribution in [0.15, 0.2) is 18.2 Å². The Hall–Kier alpha value is -1.82. The molecule has 6 heteroatoms. The number of rotatable bonds is 7. The van der Waals surface area contributed by atoms with Crippen LogP contribution in [0, 0.1) is 10.1 Å². The zero-order valence-corrected chi connectivity index (χ0v) is 12.8. The minimum atomic E-state index is -0.351. The van der Waals surface area contributed by atoms with Gasteiger partial charge in [-0.05, 0) is 45.8 Å². The first-order chi connectivity index (χ1) is 10.1. The molecule has 1 aliphatic heterocycles. The molecule has 0 amide bonds. The lowest BCUT2D eigenvalue weighted by Crippen LogP contribution is -2.35. The molecule has 0 radical (unpaired) electrons. The van der Waals surface area contributed by atoms with Crippen molar-refractivity contribution in [3.05, 3.63) is 28.3 Å². The summed E-state index contributed by atoms with van der Waals surface area (Å²) in [4.78, 5) is 13.1. The Morgan fingerprint density at radius 3 is 2.43 bits per heavy atom. The molecule has 116 valence electrons. The molecule has 1 saturated heterocycles. The van der Waals surface area contributed by atoms with Gasteiger partial charge in [-0.3, -0.25) is 15.0 Å². The largest absolute Gasteiger partial charge is 0.385 e. The Balaban J connectivity index is 2.02. The number of nitrogens with zero attached hydrogens (tertiary/aromatic N) is 2. The summed E-state index contributed by atoms with van der Waals surface area (Å²) in [7, 11) is 0. The summed E-state index contributed by atoms with van der Waals surface area (Å²) in [6.07, 6.45) is 2.54. The summed E-state index contributed by atoms with van der Waals surface area (Å²) in [5.41, 5.74) is 1.69. The highest BCUT2D eigenvalue weighted by Gasteiger charge is 2.18. The predicted octanol–water partition coefficient (Wildman–Crippen LogP) is 2.92. The van der Waals surface area contributed by atoms with E-state index >= 15 is 0 Å². The van der Waals surface area contributed by atoms with Gasteiger partial charge in [0.1, 0.15) is 0 Å². The number of anilines is 2. The second-order valence-electron chi connectivity index (χ2n) is 5.53. The van der Waals surface area contributed by atoms with Crippen molar-refractivity contribution in [2.24, 2.45) is 0 Å². The van der Waals surface area contributed by atoms with Crippen LogP contribution in [0.25, 0.3) is 0 Å². The normalized spacial score (nSPS) is 16.7. The van der Waals surface area contributed by atoms with Crippen molar-refractivity contribution in [3.8, 4) is 0 Å². The van der Waals surface area contributed by atoms with Crippen LogP contribution in [0.4, 0.5) is 17.1 Å². The van der Waals surface area contributed by atoms with E-state index in [1.165, 1.54) is 12.8 Å². The second-order valence-corrected chi connectivity index (χ2v) is 5.53. The van der Waals surface area contributed by atoms with Crippen LogP contribution in [-0.2, 0) is 0 Å². The van der Waals surface area contributed by atoms with Gasteiger partial charge in [0.2, 0.25) is 0 Å². The Morgan fingerprint density at radius 1 is 1.24 bits per heavy atom. The van der Waals surface area contributed by atoms with Gasteiger partial charge in [-0.25, -0.2) is 0 Å². The van der Waals surface area contributed by atoms with Crippen molar-refractivity contribution in [3.63, 3.8) is 0 Å². The van der Waals surface area contributed by atoms with E-state index in [2.05, 4.69) is 22.5 Å². The third kappa shape index (κ3) is 4.32. The Morgan fingerprint density at radius 2 is 1.86 bits per heavy atom. The van der Waals surface area contributed by atoms with Gasteiger partial charge < -0.3 is 10.6 Å². The summed E-state index contributed by atoms with van der Waals surface area (Å²) >= 11 is 0. The Labute approximate surface area is 125 Å². The third-order valence-corrected chi connectivity index (χ3v) is 3.88. The molecule has 0 bridgehead atoms. The summed E-state index contributed by atoms with van der Waals surface area (Å²) in [5, 5.41) is 17.5. The van der Waals surface area contributed by atoms with Gasteiger partial charge in [0, 0.05) is 42.6 Å². The van der Waals surface area contributed by atoms with Crippen molar-refractivity contribution in [1.82, 2.24) is 4.90 Å². The topological polar surface area (TPSA) is 70.4 Å². The molecule has 0 spiro atoms. The zero-order chi connectivity index (χ0) is 15.2. The van der Waals surface area contributed by atoms with Crippen LogP contribution in [0.3, 0.4) is 0 Å². The number of nitrogens with one attached hydrogen (secondary N) is 2. The number of nitro benzene ring substituents is 1. The zero-order valence-electron chi connectivity index (χ0n) is 12.8. The maximum atomic E-state index is 11.0. The van der Waals surface area contributed by atoms with Crippen LogP contribution in [0.1, 0.15) is 26.7 Å². The van der Waals surface area contributed by atoms with E-state index in [1.54, 1.807) is 12.1 Å². The van der Waals surface area contributed by atoms with Gasteiger partial charge in [-0.1, -0.05) is 0 Å². The average molecular weight is 292 g/mol. The number of benzene rings is 1. The van der Waals surface area contributed by atoms with Gasteiger partial charge in [-0.15, -0.1) is 0 Å². The molecule has 2 N–H and O–H groups in total. The Bertz CT molecular complexity index is 487. The van der Waals surface area contributed by atoms with E-state index in [0.717, 1.165) is 37.6 Å². The van der Waals surface area contributed by atoms with Gasteiger partial charge in [-0.2, -0.15) is 0 Å². The van der Waals surface area contributed by atoms with Gasteiger partial charge >= 0.3 is 0 Å². The standard InChI is InChI=1S/C15H24N4O2/c1-3-16-13-8-14(10-15(9-13)19(20)21)17-11-12(2)18-6-4-5-7-18/h8-10,12,16-17H,3-7,11H2,1-2H3. The van der Waals surface area contributed by atoms with Gasteiger partial charge in [0.25, 0.3) is 5.69 Å². The highest BCUT2D eigenvalue weighted by molar-refractivity contribution is 5.63. The lowest BCUT2D eigenvalue weighted by atomic mass is 10.2. The van der Waals surface area contributed by atoms with Crippen LogP contribution in [-0.4, -0.2) is 42.0 Å². The SMILES string of the molecule is CCNc1cc(NCC(C)N2CCCC2)cc([N+](=O)[O-])c1. The minimum absolute atomic E-state index is 0.116. The molecule has 1 aliphatic rings. The fraction of sp³-hybridized carbons (Fsp3) is 0.600.